The molecule has 0 spiro atoms. The van der Waals surface area contributed by atoms with E-state index in [1.165, 1.54) is 15.6 Å². The van der Waals surface area contributed by atoms with Crippen molar-refractivity contribution in [2.45, 2.75) is 31.2 Å². The van der Waals surface area contributed by atoms with E-state index in [4.69, 9.17) is 0 Å². The van der Waals surface area contributed by atoms with Gasteiger partial charge in [-0.05, 0) is 19.1 Å². The number of benzene rings is 1. The molecule has 0 bridgehead atoms. The number of hydrogen-bond acceptors (Lipinski definition) is 6. The molecule has 2 amide bonds. The molecule has 0 atom stereocenters. The van der Waals surface area contributed by atoms with Crippen molar-refractivity contribution in [3.63, 3.8) is 0 Å². The summed E-state index contributed by atoms with van der Waals surface area (Å²) in [5.41, 5.74) is 0.919. The van der Waals surface area contributed by atoms with Crippen molar-refractivity contribution in [1.82, 2.24) is 19.5 Å². The second kappa shape index (κ2) is 9.47. The standard InChI is InChI=1S/C19H24N4O4S2/c1-15-14-28-18(21-15)13-20-17(24)7-8-19(25)22-9-11-23(12-10-22)29(26,27)16-5-3-2-4-6-16/h2-6,14H,7-13H2,1H3,(H,20,24). The Labute approximate surface area is 174 Å². The minimum Gasteiger partial charge on any atom is -0.350 e. The van der Waals surface area contributed by atoms with Gasteiger partial charge in [0, 0.05) is 50.1 Å². The Morgan fingerprint density at radius 1 is 1.10 bits per heavy atom. The summed E-state index contributed by atoms with van der Waals surface area (Å²) in [5, 5.41) is 5.52. The van der Waals surface area contributed by atoms with Crippen molar-refractivity contribution in [2.75, 3.05) is 26.2 Å². The molecule has 2 heterocycles. The molecule has 10 heteroatoms. The third-order valence-corrected chi connectivity index (χ3v) is 7.52. The normalized spacial score (nSPS) is 15.3. The number of piperazine rings is 1. The summed E-state index contributed by atoms with van der Waals surface area (Å²) in [6.07, 6.45) is 0.208. The maximum absolute atomic E-state index is 12.6. The Morgan fingerprint density at radius 3 is 2.41 bits per heavy atom. The molecule has 1 saturated heterocycles. The van der Waals surface area contributed by atoms with Gasteiger partial charge in [0.05, 0.1) is 11.4 Å². The smallest absolute Gasteiger partial charge is 0.243 e. The number of aryl methyl sites for hydroxylation is 1. The predicted molar refractivity (Wildman–Crippen MR) is 110 cm³/mol. The van der Waals surface area contributed by atoms with E-state index in [-0.39, 0.29) is 42.6 Å². The van der Waals surface area contributed by atoms with Crippen molar-refractivity contribution in [3.8, 4) is 0 Å². The van der Waals surface area contributed by atoms with Crippen molar-refractivity contribution >= 4 is 33.2 Å². The summed E-state index contributed by atoms with van der Waals surface area (Å²) in [6.45, 7) is 3.40. The zero-order chi connectivity index (χ0) is 20.9. The van der Waals surface area contributed by atoms with Gasteiger partial charge in [-0.1, -0.05) is 18.2 Å². The average Bonchev–Trinajstić information content (AvgIpc) is 3.16. The largest absolute Gasteiger partial charge is 0.350 e. The third kappa shape index (κ3) is 5.62. The quantitative estimate of drug-likeness (QED) is 0.707. The number of nitrogens with one attached hydrogen (secondary N) is 1. The number of amides is 2. The molecule has 0 aliphatic carbocycles. The van der Waals surface area contributed by atoms with Crippen molar-refractivity contribution < 1.29 is 18.0 Å². The summed E-state index contributed by atoms with van der Waals surface area (Å²) >= 11 is 1.48. The average molecular weight is 437 g/mol. The van der Waals surface area contributed by atoms with E-state index >= 15 is 0 Å². The third-order valence-electron chi connectivity index (χ3n) is 4.64. The van der Waals surface area contributed by atoms with Crippen LogP contribution in [0, 0.1) is 6.92 Å². The first-order valence-electron chi connectivity index (χ1n) is 9.37. The number of hydrogen-bond donors (Lipinski definition) is 1. The van der Waals surface area contributed by atoms with Gasteiger partial charge in [-0.2, -0.15) is 4.31 Å². The van der Waals surface area contributed by atoms with E-state index in [0.717, 1.165) is 10.7 Å². The molecule has 1 fully saturated rings. The van der Waals surface area contributed by atoms with Crippen LogP contribution >= 0.6 is 11.3 Å². The van der Waals surface area contributed by atoms with Crippen LogP contribution in [0.3, 0.4) is 0 Å². The lowest BCUT2D eigenvalue weighted by atomic mass is 10.2. The zero-order valence-electron chi connectivity index (χ0n) is 16.2. The van der Waals surface area contributed by atoms with Crippen LogP contribution in [-0.4, -0.2) is 60.6 Å². The van der Waals surface area contributed by atoms with Crippen LogP contribution in [0.4, 0.5) is 0 Å². The molecule has 1 aromatic carbocycles. The number of carbonyl (C=O) groups excluding carboxylic acids is 2. The van der Waals surface area contributed by atoms with Gasteiger partial charge in [0.1, 0.15) is 5.01 Å². The van der Waals surface area contributed by atoms with Crippen LogP contribution < -0.4 is 5.32 Å². The second-order valence-corrected chi connectivity index (χ2v) is 9.64. The lowest BCUT2D eigenvalue weighted by molar-refractivity contribution is -0.134. The minimum absolute atomic E-state index is 0.103. The van der Waals surface area contributed by atoms with Crippen LogP contribution in [0.5, 0.6) is 0 Å². The Kier molecular flexibility index (Phi) is 6.99. The number of thiazole rings is 1. The van der Waals surface area contributed by atoms with Gasteiger partial charge < -0.3 is 10.2 Å². The maximum atomic E-state index is 12.6. The molecule has 8 nitrogen and oxygen atoms in total. The Balaban J connectivity index is 1.42. The van der Waals surface area contributed by atoms with Crippen LogP contribution in [0.25, 0.3) is 0 Å². The van der Waals surface area contributed by atoms with Crippen LogP contribution in [0.1, 0.15) is 23.5 Å². The van der Waals surface area contributed by atoms with E-state index < -0.39 is 10.0 Å². The monoisotopic (exact) mass is 436 g/mol. The van der Waals surface area contributed by atoms with E-state index in [9.17, 15) is 18.0 Å². The van der Waals surface area contributed by atoms with Gasteiger partial charge in [-0.3, -0.25) is 9.59 Å². The summed E-state index contributed by atoms with van der Waals surface area (Å²) in [4.78, 5) is 30.5. The number of carbonyl (C=O) groups is 2. The van der Waals surface area contributed by atoms with Crippen molar-refractivity contribution in [2.24, 2.45) is 0 Å². The fourth-order valence-electron chi connectivity index (χ4n) is 3.04. The highest BCUT2D eigenvalue weighted by molar-refractivity contribution is 7.89. The van der Waals surface area contributed by atoms with Gasteiger partial charge in [0.2, 0.25) is 21.8 Å². The Hall–Kier alpha value is -2.30. The Morgan fingerprint density at radius 2 is 1.79 bits per heavy atom. The molecule has 3 rings (SSSR count). The molecule has 2 aromatic rings. The molecule has 29 heavy (non-hydrogen) atoms. The first-order valence-corrected chi connectivity index (χ1v) is 11.7. The second-order valence-electron chi connectivity index (χ2n) is 6.76. The molecule has 0 unspecified atom stereocenters. The summed E-state index contributed by atoms with van der Waals surface area (Å²) < 4.78 is 26.7. The van der Waals surface area contributed by atoms with Crippen molar-refractivity contribution in [3.05, 3.63) is 46.4 Å². The molecule has 0 radical (unpaired) electrons. The molecule has 156 valence electrons. The van der Waals surface area contributed by atoms with Crippen molar-refractivity contribution in [1.29, 1.82) is 0 Å². The molecule has 0 saturated carbocycles. The number of aromatic nitrogens is 1. The fourth-order valence-corrected chi connectivity index (χ4v) is 5.20. The lowest BCUT2D eigenvalue weighted by Gasteiger charge is -2.34. The van der Waals surface area contributed by atoms with Crippen LogP contribution in [0.15, 0.2) is 40.6 Å². The van der Waals surface area contributed by atoms with Gasteiger partial charge in [-0.15, -0.1) is 11.3 Å². The first-order chi connectivity index (χ1) is 13.9. The van der Waals surface area contributed by atoms with E-state index in [1.807, 2.05) is 12.3 Å². The fraction of sp³-hybridized carbons (Fsp3) is 0.421. The Bertz CT molecular complexity index is 952. The topological polar surface area (TPSA) is 99.7 Å². The van der Waals surface area contributed by atoms with Crippen LogP contribution in [0.2, 0.25) is 0 Å². The summed E-state index contributed by atoms with van der Waals surface area (Å²) in [6, 6.07) is 8.28. The van der Waals surface area contributed by atoms with Gasteiger partial charge >= 0.3 is 0 Å². The summed E-state index contributed by atoms with van der Waals surface area (Å²) in [5.74, 6) is -0.335. The molecule has 1 N–H and O–H groups in total. The predicted octanol–water partition coefficient (Wildman–Crippen LogP) is 1.38. The molecular formula is C19H24N4O4S2. The number of rotatable bonds is 7. The van der Waals surface area contributed by atoms with Gasteiger partial charge in [0.25, 0.3) is 0 Å². The zero-order valence-corrected chi connectivity index (χ0v) is 17.8. The number of sulfonamides is 1. The lowest BCUT2D eigenvalue weighted by Crippen LogP contribution is -2.50. The maximum Gasteiger partial charge on any atom is 0.243 e. The molecule has 1 aliphatic rings. The highest BCUT2D eigenvalue weighted by Crippen LogP contribution is 2.17. The van der Waals surface area contributed by atoms with E-state index in [1.54, 1.807) is 35.2 Å². The van der Waals surface area contributed by atoms with Gasteiger partial charge in [0.15, 0.2) is 0 Å². The first kappa shape index (κ1) is 21.4. The van der Waals surface area contributed by atoms with Crippen LogP contribution in [-0.2, 0) is 26.2 Å². The SMILES string of the molecule is Cc1csc(CNC(=O)CCC(=O)N2CCN(S(=O)(=O)c3ccccc3)CC2)n1. The molecule has 1 aromatic heterocycles. The minimum atomic E-state index is -3.54. The highest BCUT2D eigenvalue weighted by Gasteiger charge is 2.29. The molecule has 1 aliphatic heterocycles. The van der Waals surface area contributed by atoms with E-state index in [2.05, 4.69) is 10.3 Å². The van der Waals surface area contributed by atoms with E-state index in [0.29, 0.717) is 19.6 Å². The summed E-state index contributed by atoms with van der Waals surface area (Å²) in [7, 11) is -3.54. The number of nitrogens with zero attached hydrogens (tertiary/aromatic N) is 3. The molecular weight excluding hydrogens is 412 g/mol. The highest BCUT2D eigenvalue weighted by atomic mass is 32.2. The van der Waals surface area contributed by atoms with Gasteiger partial charge in [-0.25, -0.2) is 13.4 Å².